The molecule has 3 aromatic rings. The molecule has 4 rings (SSSR count). The Bertz CT molecular complexity index is 945. The molecule has 0 radical (unpaired) electrons. The number of hydrogen-bond donors (Lipinski definition) is 0. The molecule has 1 amide bonds. The van der Waals surface area contributed by atoms with Gasteiger partial charge in [-0.05, 0) is 35.4 Å². The summed E-state index contributed by atoms with van der Waals surface area (Å²) < 4.78 is 11.0. The van der Waals surface area contributed by atoms with Crippen LogP contribution in [0.3, 0.4) is 0 Å². The van der Waals surface area contributed by atoms with Crippen LogP contribution in [0.25, 0.3) is 0 Å². The van der Waals surface area contributed by atoms with Crippen molar-refractivity contribution in [2.24, 2.45) is 0 Å². The van der Waals surface area contributed by atoms with Gasteiger partial charge in [0.2, 0.25) is 5.91 Å². The van der Waals surface area contributed by atoms with Crippen molar-refractivity contribution in [1.29, 1.82) is 0 Å². The first-order valence-corrected chi connectivity index (χ1v) is 11.6. The van der Waals surface area contributed by atoms with Gasteiger partial charge in [-0.2, -0.15) is 0 Å². The minimum absolute atomic E-state index is 0.0795. The van der Waals surface area contributed by atoms with Crippen LogP contribution in [0, 0.1) is 0 Å². The van der Waals surface area contributed by atoms with E-state index in [-0.39, 0.29) is 11.8 Å². The van der Waals surface area contributed by atoms with Crippen molar-refractivity contribution in [2.75, 3.05) is 46.4 Å². The van der Waals surface area contributed by atoms with E-state index < -0.39 is 0 Å². The van der Waals surface area contributed by atoms with Crippen LogP contribution in [0.15, 0.2) is 84.9 Å². The lowest BCUT2D eigenvalue weighted by Crippen LogP contribution is -2.49. The summed E-state index contributed by atoms with van der Waals surface area (Å²) in [5.41, 5.74) is 2.37. The molecule has 0 N–H and O–H groups in total. The van der Waals surface area contributed by atoms with Gasteiger partial charge in [0.1, 0.15) is 18.1 Å². The Labute approximate surface area is 196 Å². The van der Waals surface area contributed by atoms with Crippen LogP contribution in [-0.2, 0) is 4.79 Å². The van der Waals surface area contributed by atoms with Gasteiger partial charge in [0.25, 0.3) is 0 Å². The number of piperazine rings is 1. The quantitative estimate of drug-likeness (QED) is 0.489. The number of hydrogen-bond acceptors (Lipinski definition) is 4. The smallest absolute Gasteiger partial charge is 0.223 e. The number of benzene rings is 3. The molecular formula is C28H32N2O3. The normalized spacial score (nSPS) is 14.3. The number of carbonyl (C=O) groups is 1. The minimum atomic E-state index is 0.0795. The number of ether oxygens (including phenoxy) is 2. The maximum absolute atomic E-state index is 13.2. The van der Waals surface area contributed by atoms with Crippen LogP contribution in [0.4, 0.5) is 0 Å². The molecule has 0 saturated carbocycles. The van der Waals surface area contributed by atoms with Gasteiger partial charge in [0.15, 0.2) is 0 Å². The van der Waals surface area contributed by atoms with Crippen molar-refractivity contribution in [3.05, 3.63) is 96.1 Å². The molecular weight excluding hydrogens is 412 g/mol. The lowest BCUT2D eigenvalue weighted by molar-refractivity contribution is -0.133. The van der Waals surface area contributed by atoms with E-state index in [0.29, 0.717) is 13.0 Å². The molecule has 1 saturated heterocycles. The molecule has 1 fully saturated rings. The molecule has 1 aliphatic rings. The average Bonchev–Trinajstić information content (AvgIpc) is 2.89. The Morgan fingerprint density at radius 1 is 0.788 bits per heavy atom. The highest BCUT2D eigenvalue weighted by Crippen LogP contribution is 2.28. The Kier molecular flexibility index (Phi) is 7.99. The largest absolute Gasteiger partial charge is 0.497 e. The van der Waals surface area contributed by atoms with Gasteiger partial charge in [0.05, 0.1) is 7.11 Å². The van der Waals surface area contributed by atoms with Crippen LogP contribution in [0.5, 0.6) is 11.5 Å². The van der Waals surface area contributed by atoms with Crippen molar-refractivity contribution in [1.82, 2.24) is 9.80 Å². The summed E-state index contributed by atoms with van der Waals surface area (Å²) in [7, 11) is 1.66. The van der Waals surface area contributed by atoms with E-state index in [1.54, 1.807) is 7.11 Å². The molecule has 0 aliphatic carbocycles. The van der Waals surface area contributed by atoms with Gasteiger partial charge in [0, 0.05) is 45.1 Å². The predicted molar refractivity (Wildman–Crippen MR) is 131 cm³/mol. The maximum atomic E-state index is 13.2. The zero-order valence-corrected chi connectivity index (χ0v) is 19.2. The fourth-order valence-corrected chi connectivity index (χ4v) is 4.29. The van der Waals surface area contributed by atoms with E-state index in [0.717, 1.165) is 44.2 Å². The second-order valence-corrected chi connectivity index (χ2v) is 8.32. The van der Waals surface area contributed by atoms with Crippen LogP contribution in [-0.4, -0.2) is 62.1 Å². The standard InChI is InChI=1S/C28H32N2O3/c1-32-25-12-14-26(15-13-25)33-21-20-29-16-18-30(19-17-29)28(31)22-27(23-8-4-2-5-9-23)24-10-6-3-7-11-24/h2-15,27H,16-22H2,1H3. The van der Waals surface area contributed by atoms with E-state index in [1.165, 1.54) is 11.1 Å². The highest BCUT2D eigenvalue weighted by atomic mass is 16.5. The number of amides is 1. The minimum Gasteiger partial charge on any atom is -0.497 e. The molecule has 0 bridgehead atoms. The number of rotatable bonds is 9. The molecule has 0 aromatic heterocycles. The monoisotopic (exact) mass is 444 g/mol. The molecule has 0 atom stereocenters. The Hall–Kier alpha value is -3.31. The highest BCUT2D eigenvalue weighted by molar-refractivity contribution is 5.78. The summed E-state index contributed by atoms with van der Waals surface area (Å²) in [6.45, 7) is 4.75. The third-order valence-electron chi connectivity index (χ3n) is 6.24. The van der Waals surface area contributed by atoms with Gasteiger partial charge >= 0.3 is 0 Å². The summed E-state index contributed by atoms with van der Waals surface area (Å²) in [4.78, 5) is 17.6. The molecule has 33 heavy (non-hydrogen) atoms. The Balaban J connectivity index is 1.26. The first kappa shape index (κ1) is 22.9. The third-order valence-corrected chi connectivity index (χ3v) is 6.24. The van der Waals surface area contributed by atoms with Gasteiger partial charge in [-0.3, -0.25) is 9.69 Å². The number of carbonyl (C=O) groups excluding carboxylic acids is 1. The lowest BCUT2D eigenvalue weighted by Gasteiger charge is -2.35. The molecule has 172 valence electrons. The summed E-state index contributed by atoms with van der Waals surface area (Å²) >= 11 is 0. The fraction of sp³-hybridized carbons (Fsp3) is 0.321. The van der Waals surface area contributed by atoms with Crippen LogP contribution in [0.1, 0.15) is 23.5 Å². The van der Waals surface area contributed by atoms with Gasteiger partial charge in [-0.15, -0.1) is 0 Å². The van der Waals surface area contributed by atoms with Crippen molar-refractivity contribution in [3.63, 3.8) is 0 Å². The second-order valence-electron chi connectivity index (χ2n) is 8.32. The van der Waals surface area contributed by atoms with Crippen LogP contribution < -0.4 is 9.47 Å². The maximum Gasteiger partial charge on any atom is 0.223 e. The van der Waals surface area contributed by atoms with E-state index in [4.69, 9.17) is 9.47 Å². The fourth-order valence-electron chi connectivity index (χ4n) is 4.29. The Morgan fingerprint density at radius 3 is 1.88 bits per heavy atom. The molecule has 1 aliphatic heterocycles. The third kappa shape index (κ3) is 6.36. The van der Waals surface area contributed by atoms with Gasteiger partial charge in [-0.1, -0.05) is 60.7 Å². The summed E-state index contributed by atoms with van der Waals surface area (Å²) in [5.74, 6) is 1.97. The zero-order chi connectivity index (χ0) is 22.9. The van der Waals surface area contributed by atoms with Crippen molar-refractivity contribution < 1.29 is 14.3 Å². The molecule has 5 heteroatoms. The summed E-state index contributed by atoms with van der Waals surface area (Å²) in [6, 6.07) is 28.3. The summed E-state index contributed by atoms with van der Waals surface area (Å²) in [6.07, 6.45) is 0.495. The van der Waals surface area contributed by atoms with Crippen LogP contribution in [0.2, 0.25) is 0 Å². The molecule has 0 unspecified atom stereocenters. The summed E-state index contributed by atoms with van der Waals surface area (Å²) in [5, 5.41) is 0. The molecule has 3 aromatic carbocycles. The van der Waals surface area contributed by atoms with Gasteiger partial charge in [-0.25, -0.2) is 0 Å². The highest BCUT2D eigenvalue weighted by Gasteiger charge is 2.25. The van der Waals surface area contributed by atoms with E-state index in [2.05, 4.69) is 29.2 Å². The van der Waals surface area contributed by atoms with Crippen molar-refractivity contribution in [2.45, 2.75) is 12.3 Å². The zero-order valence-electron chi connectivity index (χ0n) is 19.2. The molecule has 0 spiro atoms. The number of methoxy groups -OCH3 is 1. The van der Waals surface area contributed by atoms with Gasteiger partial charge < -0.3 is 14.4 Å². The molecule has 1 heterocycles. The first-order valence-electron chi connectivity index (χ1n) is 11.6. The topological polar surface area (TPSA) is 42.0 Å². The SMILES string of the molecule is COc1ccc(OCCN2CCN(C(=O)CC(c3ccccc3)c3ccccc3)CC2)cc1. The van der Waals surface area contributed by atoms with Crippen molar-refractivity contribution >= 4 is 5.91 Å². The van der Waals surface area contributed by atoms with Crippen LogP contribution >= 0.6 is 0 Å². The van der Waals surface area contributed by atoms with Crippen molar-refractivity contribution in [3.8, 4) is 11.5 Å². The van der Waals surface area contributed by atoms with E-state index >= 15 is 0 Å². The van der Waals surface area contributed by atoms with E-state index in [1.807, 2.05) is 65.6 Å². The van der Waals surface area contributed by atoms with E-state index in [9.17, 15) is 4.79 Å². The second kappa shape index (κ2) is 11.5. The first-order chi connectivity index (χ1) is 16.2. The predicted octanol–water partition coefficient (Wildman–Crippen LogP) is 4.44. The molecule has 5 nitrogen and oxygen atoms in total. The lowest BCUT2D eigenvalue weighted by atomic mass is 9.88. The number of nitrogens with zero attached hydrogens (tertiary/aromatic N) is 2. The Morgan fingerprint density at radius 2 is 1.33 bits per heavy atom. The average molecular weight is 445 g/mol.